The largest absolute Gasteiger partial charge is 0.377 e. The molecule has 2 aliphatic rings. The molecule has 1 N–H and O–H groups in total. The Kier molecular flexibility index (Phi) is 5.79. The zero-order valence-corrected chi connectivity index (χ0v) is 11.4. The first-order valence-corrected chi connectivity index (χ1v) is 7.67. The van der Waals surface area contributed by atoms with Crippen molar-refractivity contribution in [1.29, 1.82) is 0 Å². The van der Waals surface area contributed by atoms with E-state index in [0.717, 1.165) is 25.0 Å². The summed E-state index contributed by atoms with van der Waals surface area (Å²) in [6, 6.07) is 0. The molecule has 2 heteroatoms. The van der Waals surface area contributed by atoms with Crippen molar-refractivity contribution in [2.45, 2.75) is 64.4 Å². The molecular weight excluding hydrogens is 210 g/mol. The van der Waals surface area contributed by atoms with Crippen LogP contribution in [0.15, 0.2) is 0 Å². The molecule has 1 saturated carbocycles. The Morgan fingerprint density at radius 3 is 2.59 bits per heavy atom. The predicted octanol–water partition coefficient (Wildman–Crippen LogP) is 3.36. The van der Waals surface area contributed by atoms with Crippen molar-refractivity contribution in [3.8, 4) is 0 Å². The van der Waals surface area contributed by atoms with Crippen molar-refractivity contribution in [3.63, 3.8) is 0 Å². The molecule has 0 spiro atoms. The van der Waals surface area contributed by atoms with Crippen molar-refractivity contribution in [2.24, 2.45) is 11.8 Å². The van der Waals surface area contributed by atoms with Gasteiger partial charge in [-0.25, -0.2) is 0 Å². The summed E-state index contributed by atoms with van der Waals surface area (Å²) in [6.07, 6.45) is 11.6. The molecule has 17 heavy (non-hydrogen) atoms. The van der Waals surface area contributed by atoms with Crippen molar-refractivity contribution in [3.05, 3.63) is 0 Å². The van der Waals surface area contributed by atoms with Crippen LogP contribution in [0.25, 0.3) is 0 Å². The van der Waals surface area contributed by atoms with E-state index in [4.69, 9.17) is 4.74 Å². The molecule has 1 aliphatic heterocycles. The molecule has 1 atom stereocenters. The molecular formula is C15H29NO. The van der Waals surface area contributed by atoms with E-state index in [2.05, 4.69) is 12.2 Å². The van der Waals surface area contributed by atoms with Gasteiger partial charge in [-0.1, -0.05) is 32.6 Å². The predicted molar refractivity (Wildman–Crippen MR) is 72.2 cm³/mol. The van der Waals surface area contributed by atoms with Gasteiger partial charge in [0.15, 0.2) is 0 Å². The Morgan fingerprint density at radius 1 is 1.06 bits per heavy atom. The Bertz CT molecular complexity index is 193. The summed E-state index contributed by atoms with van der Waals surface area (Å²) in [5, 5.41) is 3.59. The summed E-state index contributed by atoms with van der Waals surface area (Å²) in [7, 11) is 0. The summed E-state index contributed by atoms with van der Waals surface area (Å²) in [5.41, 5.74) is 0. The highest BCUT2D eigenvalue weighted by molar-refractivity contribution is 4.72. The van der Waals surface area contributed by atoms with Gasteiger partial charge in [0.05, 0.1) is 6.10 Å². The smallest absolute Gasteiger partial charge is 0.0699 e. The van der Waals surface area contributed by atoms with Crippen LogP contribution < -0.4 is 5.32 Å². The van der Waals surface area contributed by atoms with Gasteiger partial charge in [-0.2, -0.15) is 0 Å². The van der Waals surface area contributed by atoms with Crippen LogP contribution in [0.5, 0.6) is 0 Å². The Hall–Kier alpha value is -0.0800. The van der Waals surface area contributed by atoms with Crippen molar-refractivity contribution >= 4 is 0 Å². The normalized spacial score (nSPS) is 34.8. The van der Waals surface area contributed by atoms with Gasteiger partial charge in [0, 0.05) is 13.2 Å². The molecule has 100 valence electrons. The summed E-state index contributed by atoms with van der Waals surface area (Å²) >= 11 is 0. The van der Waals surface area contributed by atoms with Gasteiger partial charge in [-0.3, -0.25) is 0 Å². The second-order valence-corrected chi connectivity index (χ2v) is 6.11. The second kappa shape index (κ2) is 7.38. The lowest BCUT2D eigenvalue weighted by molar-refractivity contribution is 0.0168. The van der Waals surface area contributed by atoms with Crippen LogP contribution in [0.4, 0.5) is 0 Å². The van der Waals surface area contributed by atoms with E-state index in [1.807, 2.05) is 0 Å². The van der Waals surface area contributed by atoms with Crippen LogP contribution in [0.3, 0.4) is 0 Å². The number of rotatable bonds is 5. The third-order valence-electron chi connectivity index (χ3n) is 4.51. The first-order chi connectivity index (χ1) is 8.34. The minimum absolute atomic E-state index is 0.495. The molecule has 1 unspecified atom stereocenters. The van der Waals surface area contributed by atoms with E-state index in [1.165, 1.54) is 57.9 Å². The van der Waals surface area contributed by atoms with Gasteiger partial charge in [0.1, 0.15) is 0 Å². The minimum atomic E-state index is 0.495. The first kappa shape index (κ1) is 13.4. The van der Waals surface area contributed by atoms with Crippen LogP contribution >= 0.6 is 0 Å². The zero-order chi connectivity index (χ0) is 11.9. The van der Waals surface area contributed by atoms with Crippen molar-refractivity contribution in [2.75, 3.05) is 19.7 Å². The van der Waals surface area contributed by atoms with Crippen LogP contribution in [-0.4, -0.2) is 25.8 Å². The number of hydrogen-bond donors (Lipinski definition) is 1. The van der Waals surface area contributed by atoms with Gasteiger partial charge >= 0.3 is 0 Å². The van der Waals surface area contributed by atoms with Crippen molar-refractivity contribution < 1.29 is 4.74 Å². The van der Waals surface area contributed by atoms with Gasteiger partial charge < -0.3 is 10.1 Å². The average Bonchev–Trinajstić information content (AvgIpc) is 2.38. The fourth-order valence-electron chi connectivity index (χ4n) is 3.16. The summed E-state index contributed by atoms with van der Waals surface area (Å²) in [6.45, 7) is 5.64. The molecule has 2 fully saturated rings. The third-order valence-corrected chi connectivity index (χ3v) is 4.51. The summed E-state index contributed by atoms with van der Waals surface area (Å²) < 4.78 is 5.72. The lowest BCUT2D eigenvalue weighted by Crippen LogP contribution is -2.33. The number of nitrogens with one attached hydrogen (secondary N) is 1. The number of hydrogen-bond acceptors (Lipinski definition) is 2. The van der Waals surface area contributed by atoms with Crippen LogP contribution in [0.2, 0.25) is 0 Å². The molecule has 0 amide bonds. The van der Waals surface area contributed by atoms with Crippen LogP contribution in [0.1, 0.15) is 58.3 Å². The zero-order valence-electron chi connectivity index (χ0n) is 11.4. The molecule has 1 aliphatic carbocycles. The fraction of sp³-hybridized carbons (Fsp3) is 1.00. The first-order valence-electron chi connectivity index (χ1n) is 7.67. The topological polar surface area (TPSA) is 21.3 Å². The summed E-state index contributed by atoms with van der Waals surface area (Å²) in [4.78, 5) is 0. The Morgan fingerprint density at radius 2 is 1.88 bits per heavy atom. The molecule has 2 rings (SSSR count). The van der Waals surface area contributed by atoms with E-state index in [9.17, 15) is 0 Å². The maximum absolute atomic E-state index is 5.72. The quantitative estimate of drug-likeness (QED) is 0.743. The average molecular weight is 239 g/mol. The molecule has 0 aromatic heterocycles. The Balaban J connectivity index is 1.48. The maximum atomic E-state index is 5.72. The lowest BCUT2D eigenvalue weighted by Gasteiger charge is -2.27. The van der Waals surface area contributed by atoms with Crippen molar-refractivity contribution in [1.82, 2.24) is 5.32 Å². The van der Waals surface area contributed by atoms with Crippen LogP contribution in [-0.2, 0) is 4.74 Å². The second-order valence-electron chi connectivity index (χ2n) is 6.11. The highest BCUT2D eigenvalue weighted by Crippen LogP contribution is 2.29. The summed E-state index contributed by atoms with van der Waals surface area (Å²) in [5.74, 6) is 1.97. The van der Waals surface area contributed by atoms with E-state index in [-0.39, 0.29) is 0 Å². The lowest BCUT2D eigenvalue weighted by atomic mass is 9.81. The maximum Gasteiger partial charge on any atom is 0.0699 e. The molecule has 0 radical (unpaired) electrons. The highest BCUT2D eigenvalue weighted by Gasteiger charge is 2.18. The third kappa shape index (κ3) is 4.97. The van der Waals surface area contributed by atoms with E-state index < -0.39 is 0 Å². The fourth-order valence-corrected chi connectivity index (χ4v) is 3.16. The van der Waals surface area contributed by atoms with E-state index in [0.29, 0.717) is 6.10 Å². The monoisotopic (exact) mass is 239 g/mol. The van der Waals surface area contributed by atoms with Gasteiger partial charge in [-0.15, -0.1) is 0 Å². The number of ether oxygens (including phenoxy) is 1. The molecule has 1 heterocycles. The molecule has 0 aromatic carbocycles. The molecule has 0 aromatic rings. The standard InChI is InChI=1S/C15H29NO/c1-13-5-7-14(8-6-13)9-10-16-12-15-4-2-3-11-17-15/h13-16H,2-12H2,1H3. The molecule has 2 nitrogen and oxygen atoms in total. The van der Waals surface area contributed by atoms with Gasteiger partial charge in [0.2, 0.25) is 0 Å². The van der Waals surface area contributed by atoms with Crippen LogP contribution in [0, 0.1) is 11.8 Å². The highest BCUT2D eigenvalue weighted by atomic mass is 16.5. The van der Waals surface area contributed by atoms with Gasteiger partial charge in [-0.05, 0) is 44.1 Å². The van der Waals surface area contributed by atoms with E-state index >= 15 is 0 Å². The van der Waals surface area contributed by atoms with Gasteiger partial charge in [0.25, 0.3) is 0 Å². The Labute approximate surface area is 107 Å². The minimum Gasteiger partial charge on any atom is -0.377 e. The SMILES string of the molecule is CC1CCC(CCNCC2CCCCO2)CC1. The molecule has 0 bridgehead atoms. The van der Waals surface area contributed by atoms with E-state index in [1.54, 1.807) is 0 Å². The molecule has 1 saturated heterocycles.